The lowest BCUT2D eigenvalue weighted by Crippen LogP contribution is -2.41. The molecule has 7 nitrogen and oxygen atoms in total. The molecule has 0 aliphatic carbocycles. The van der Waals surface area contributed by atoms with Crippen LogP contribution in [0, 0.1) is 5.92 Å². The average molecular weight is 543 g/mol. The molecule has 11 heteroatoms. The van der Waals surface area contributed by atoms with E-state index in [4.69, 9.17) is 23.2 Å². The number of fused-ring (bicyclic) bond motifs is 1. The molecule has 2 aromatic carbocycles. The summed E-state index contributed by atoms with van der Waals surface area (Å²) in [4.78, 5) is 25.1. The molecule has 1 aromatic heterocycles. The Morgan fingerprint density at radius 1 is 1.15 bits per heavy atom. The second-order valence-corrected chi connectivity index (χ2v) is 12.4. The van der Waals surface area contributed by atoms with Crippen molar-refractivity contribution in [2.45, 2.75) is 38.5 Å². The van der Waals surface area contributed by atoms with Crippen LogP contribution in [0.25, 0.3) is 10.2 Å². The van der Waals surface area contributed by atoms with E-state index in [9.17, 15) is 18.0 Å². The van der Waals surface area contributed by atoms with Gasteiger partial charge in [-0.2, -0.15) is 0 Å². The van der Waals surface area contributed by atoms with E-state index in [1.54, 1.807) is 28.8 Å². The molecule has 0 saturated carbocycles. The zero-order valence-corrected chi connectivity index (χ0v) is 21.9. The van der Waals surface area contributed by atoms with Crippen molar-refractivity contribution in [3.63, 3.8) is 0 Å². The third kappa shape index (κ3) is 5.18. The van der Waals surface area contributed by atoms with Crippen molar-refractivity contribution in [2.24, 2.45) is 5.92 Å². The fourth-order valence-corrected chi connectivity index (χ4v) is 7.56. The number of hydrogen-bond donors (Lipinski definition) is 1. The van der Waals surface area contributed by atoms with Gasteiger partial charge in [-0.15, -0.1) is 0 Å². The molecule has 182 valence electrons. The fourth-order valence-electron chi connectivity index (χ4n) is 4.19. The van der Waals surface area contributed by atoms with Gasteiger partial charge in [0.05, 0.1) is 16.0 Å². The van der Waals surface area contributed by atoms with Gasteiger partial charge in [0.2, 0.25) is 15.9 Å². The van der Waals surface area contributed by atoms with Gasteiger partial charge in [-0.05, 0) is 57.0 Å². The van der Waals surface area contributed by atoms with E-state index in [1.807, 2.05) is 26.0 Å². The Bertz CT molecular complexity index is 1370. The highest BCUT2D eigenvalue weighted by molar-refractivity contribution is 7.88. The zero-order valence-electron chi connectivity index (χ0n) is 18.8. The lowest BCUT2D eigenvalue weighted by atomic mass is 9.97. The van der Waals surface area contributed by atoms with Crippen molar-refractivity contribution < 1.29 is 13.2 Å². The fraction of sp³-hybridized carbons (Fsp3) is 0.391. The summed E-state index contributed by atoms with van der Waals surface area (Å²) in [6, 6.07) is 10.4. The molecule has 34 heavy (non-hydrogen) atoms. The number of aromatic nitrogens is 1. The van der Waals surface area contributed by atoms with Gasteiger partial charge >= 0.3 is 4.87 Å². The summed E-state index contributed by atoms with van der Waals surface area (Å²) in [6.07, 6.45) is 0.835. The van der Waals surface area contributed by atoms with Crippen molar-refractivity contribution in [1.29, 1.82) is 0 Å². The van der Waals surface area contributed by atoms with E-state index in [0.29, 0.717) is 34.1 Å². The number of rotatable bonds is 6. The molecule has 3 aromatic rings. The summed E-state index contributed by atoms with van der Waals surface area (Å²) in [5, 5.41) is 3.56. The quantitative estimate of drug-likeness (QED) is 0.468. The molecule has 0 unspecified atom stereocenters. The number of sulfonamides is 1. The van der Waals surface area contributed by atoms with Gasteiger partial charge < -0.3 is 5.32 Å². The highest BCUT2D eigenvalue weighted by Crippen LogP contribution is 2.30. The molecule has 1 aliphatic rings. The molecule has 0 atom stereocenters. The van der Waals surface area contributed by atoms with Crippen molar-refractivity contribution in [3.05, 3.63) is 61.7 Å². The monoisotopic (exact) mass is 541 g/mol. The number of piperidine rings is 1. The van der Waals surface area contributed by atoms with Gasteiger partial charge in [0.25, 0.3) is 0 Å². The summed E-state index contributed by atoms with van der Waals surface area (Å²) >= 11 is 13.4. The van der Waals surface area contributed by atoms with E-state index in [1.165, 1.54) is 4.31 Å². The molecule has 2 heterocycles. The van der Waals surface area contributed by atoms with E-state index in [0.717, 1.165) is 21.6 Å². The van der Waals surface area contributed by atoms with Gasteiger partial charge in [0, 0.05) is 46.3 Å². The molecule has 1 saturated heterocycles. The number of nitrogens with one attached hydrogen (secondary N) is 1. The van der Waals surface area contributed by atoms with Crippen molar-refractivity contribution in [2.75, 3.05) is 18.4 Å². The Labute approximate surface area is 212 Å². The highest BCUT2D eigenvalue weighted by Gasteiger charge is 2.32. The Kier molecular flexibility index (Phi) is 7.40. The van der Waals surface area contributed by atoms with Gasteiger partial charge in [-0.25, -0.2) is 12.7 Å². The summed E-state index contributed by atoms with van der Waals surface area (Å²) < 4.78 is 29.8. The van der Waals surface area contributed by atoms with Crippen LogP contribution in [0.1, 0.15) is 38.3 Å². The van der Waals surface area contributed by atoms with Crippen LogP contribution >= 0.6 is 34.5 Å². The van der Waals surface area contributed by atoms with E-state index < -0.39 is 10.0 Å². The number of nitrogens with zero attached hydrogens (tertiary/aromatic N) is 2. The van der Waals surface area contributed by atoms with E-state index in [2.05, 4.69) is 5.32 Å². The van der Waals surface area contributed by atoms with Crippen LogP contribution < -0.4 is 10.2 Å². The number of hydrogen-bond acceptors (Lipinski definition) is 5. The molecule has 1 amide bonds. The zero-order chi connectivity index (χ0) is 24.6. The Hall–Kier alpha value is -1.91. The van der Waals surface area contributed by atoms with Gasteiger partial charge in [-0.3, -0.25) is 14.2 Å². The molecular weight excluding hydrogens is 517 g/mol. The first-order valence-corrected chi connectivity index (χ1v) is 14.1. The number of benzene rings is 2. The minimum absolute atomic E-state index is 0.0277. The normalized spacial score (nSPS) is 15.8. The van der Waals surface area contributed by atoms with E-state index in [-0.39, 0.29) is 41.6 Å². The summed E-state index contributed by atoms with van der Waals surface area (Å²) in [5.74, 6) is -0.729. The predicted molar refractivity (Wildman–Crippen MR) is 138 cm³/mol. The Morgan fingerprint density at radius 3 is 2.41 bits per heavy atom. The predicted octanol–water partition coefficient (Wildman–Crippen LogP) is 5.13. The Morgan fingerprint density at radius 2 is 1.79 bits per heavy atom. The van der Waals surface area contributed by atoms with Gasteiger partial charge in [0.1, 0.15) is 0 Å². The SMILES string of the molecule is CC(C)n1c(=O)sc2cc(NC(=O)C3CCN(S(=O)(=O)Cc4c(Cl)cccc4Cl)CC3)ccc21. The van der Waals surface area contributed by atoms with Gasteiger partial charge in [0.15, 0.2) is 0 Å². The minimum Gasteiger partial charge on any atom is -0.326 e. The number of anilines is 1. The van der Waals surface area contributed by atoms with Crippen LogP contribution in [-0.4, -0.2) is 36.3 Å². The summed E-state index contributed by atoms with van der Waals surface area (Å²) in [6.45, 7) is 4.42. The largest absolute Gasteiger partial charge is 0.326 e. The summed E-state index contributed by atoms with van der Waals surface area (Å²) in [7, 11) is -3.62. The maximum absolute atomic E-state index is 12.9. The maximum atomic E-state index is 12.9. The third-order valence-electron chi connectivity index (χ3n) is 6.00. The van der Waals surface area contributed by atoms with Crippen molar-refractivity contribution >= 4 is 66.4 Å². The number of halogens is 2. The van der Waals surface area contributed by atoms with Crippen LogP contribution in [0.15, 0.2) is 41.2 Å². The van der Waals surface area contributed by atoms with Gasteiger partial charge in [-0.1, -0.05) is 40.6 Å². The average Bonchev–Trinajstić information content (AvgIpc) is 3.11. The molecule has 1 fully saturated rings. The molecule has 1 N–H and O–H groups in total. The molecular formula is C23H25Cl2N3O4S2. The molecule has 1 aliphatic heterocycles. The molecule has 0 bridgehead atoms. The van der Waals surface area contributed by atoms with Crippen molar-refractivity contribution in [3.8, 4) is 0 Å². The number of carbonyl (C=O) groups excluding carboxylic acids is 1. The first kappa shape index (κ1) is 25.2. The maximum Gasteiger partial charge on any atom is 0.308 e. The second-order valence-electron chi connectivity index (χ2n) is 8.63. The van der Waals surface area contributed by atoms with Crippen LogP contribution in [0.4, 0.5) is 5.69 Å². The minimum atomic E-state index is -3.62. The number of amides is 1. The first-order valence-electron chi connectivity index (χ1n) is 10.9. The lowest BCUT2D eigenvalue weighted by Gasteiger charge is -2.30. The van der Waals surface area contributed by atoms with Crippen LogP contribution in [0.2, 0.25) is 10.0 Å². The smallest absolute Gasteiger partial charge is 0.308 e. The van der Waals surface area contributed by atoms with E-state index >= 15 is 0 Å². The first-order chi connectivity index (χ1) is 16.1. The highest BCUT2D eigenvalue weighted by atomic mass is 35.5. The van der Waals surface area contributed by atoms with Crippen molar-refractivity contribution in [1.82, 2.24) is 8.87 Å². The second kappa shape index (κ2) is 9.99. The van der Waals surface area contributed by atoms with Crippen LogP contribution in [0.3, 0.4) is 0 Å². The molecule has 0 spiro atoms. The third-order valence-corrected chi connectivity index (χ3v) is 9.44. The number of thiazole rings is 1. The lowest BCUT2D eigenvalue weighted by molar-refractivity contribution is -0.120. The number of carbonyl (C=O) groups is 1. The van der Waals surface area contributed by atoms with Crippen LogP contribution in [-0.2, 0) is 20.6 Å². The molecule has 0 radical (unpaired) electrons. The van der Waals surface area contributed by atoms with Crippen LogP contribution in [0.5, 0.6) is 0 Å². The topological polar surface area (TPSA) is 88.5 Å². The standard InChI is InChI=1S/C23H25Cl2N3O4S2/c1-14(2)28-20-7-6-16(12-21(20)33-23(28)30)26-22(29)15-8-10-27(11-9-15)34(31,32)13-17-18(24)4-3-5-19(17)25/h3-7,12,14-15H,8-11,13H2,1-2H3,(H,26,29). The summed E-state index contributed by atoms with van der Waals surface area (Å²) in [5.41, 5.74) is 1.85. The molecule has 4 rings (SSSR count). The Balaban J connectivity index is 1.39.